The number of pyridine rings is 3. The summed E-state index contributed by atoms with van der Waals surface area (Å²) in [6.07, 6.45) is 34.8. The Labute approximate surface area is 712 Å². The van der Waals surface area contributed by atoms with Gasteiger partial charge in [0.2, 0.25) is 0 Å². The summed E-state index contributed by atoms with van der Waals surface area (Å²) in [7, 11) is 0. The molecular weight excluding hydrogens is 1480 g/mol. The van der Waals surface area contributed by atoms with Gasteiger partial charge in [0.1, 0.15) is 22.9 Å². The first-order chi connectivity index (χ1) is 57.9. The number of nitrogens with zero attached hydrogens (tertiary/aromatic N) is 16. The van der Waals surface area contributed by atoms with Crippen LogP contribution in [0.5, 0.6) is 0 Å². The highest BCUT2D eigenvalue weighted by atomic mass is 15.2. The highest BCUT2D eigenvalue weighted by molar-refractivity contribution is 5.87. The van der Waals surface area contributed by atoms with Crippen molar-refractivity contribution < 1.29 is 0 Å². The Balaban J connectivity index is 0.000000130. The monoisotopic (exact) mass is 1600 g/mol. The Morgan fingerprint density at radius 2 is 0.908 bits per heavy atom. The minimum atomic E-state index is 0.404. The molecule has 120 heavy (non-hydrogen) atoms. The number of hydrogen-bond acceptors (Lipinski definition) is 11. The van der Waals surface area contributed by atoms with Gasteiger partial charge in [-0.3, -0.25) is 9.98 Å². The van der Waals surface area contributed by atoms with Gasteiger partial charge in [-0.15, -0.1) is 0 Å². The van der Waals surface area contributed by atoms with Crippen LogP contribution < -0.4 is 4.90 Å². The Bertz CT molecular complexity index is 5400. The maximum Gasteiger partial charge on any atom is 0.180 e. The van der Waals surface area contributed by atoms with E-state index in [0.717, 1.165) is 57.5 Å². The molecule has 17 heteroatoms. The summed E-state index contributed by atoms with van der Waals surface area (Å²) >= 11 is 0. The van der Waals surface area contributed by atoms with Gasteiger partial charge in [0.25, 0.3) is 0 Å². The van der Waals surface area contributed by atoms with Gasteiger partial charge < -0.3 is 32.7 Å². The van der Waals surface area contributed by atoms with Gasteiger partial charge in [-0.05, 0) is 260 Å². The molecule has 20 rings (SSSR count). The van der Waals surface area contributed by atoms with Gasteiger partial charge >= 0.3 is 0 Å². The van der Waals surface area contributed by atoms with E-state index in [2.05, 4.69) is 373 Å². The van der Waals surface area contributed by atoms with E-state index in [0.29, 0.717) is 59.9 Å². The topological polar surface area (TPSA) is 172 Å². The fourth-order valence-corrected chi connectivity index (χ4v) is 15.7. The van der Waals surface area contributed by atoms with E-state index >= 15 is 0 Å². The zero-order valence-electron chi connectivity index (χ0n) is 74.6. The maximum atomic E-state index is 4.27. The molecule has 0 fully saturated rings. The number of imidazole rings is 4. The molecule has 2 aliphatic heterocycles. The third kappa shape index (κ3) is 22.5. The number of fused-ring (bicyclic) bond motifs is 10. The highest BCUT2D eigenvalue weighted by Gasteiger charge is 2.21. The van der Waals surface area contributed by atoms with Crippen molar-refractivity contribution in [1.82, 2.24) is 72.7 Å². The molecule has 0 amide bonds. The number of aliphatic imine (C=N–C) groups is 1. The summed E-state index contributed by atoms with van der Waals surface area (Å²) in [5.74, 6) is 2.53. The number of aromatic amines is 1. The largest absolute Gasteiger partial charge is 0.369 e. The van der Waals surface area contributed by atoms with Crippen molar-refractivity contribution >= 4 is 84.3 Å². The molecule has 1 N–H and O–H groups in total. The van der Waals surface area contributed by atoms with E-state index in [1.807, 2.05) is 67.9 Å². The lowest BCUT2D eigenvalue weighted by molar-refractivity contribution is 0.613. The van der Waals surface area contributed by atoms with E-state index < -0.39 is 0 Å². The summed E-state index contributed by atoms with van der Waals surface area (Å²) in [6, 6.07) is 60.3. The van der Waals surface area contributed by atoms with Crippen LogP contribution in [0.1, 0.15) is 260 Å². The number of H-pyrrole nitrogens is 1. The molecule has 0 spiro atoms. The predicted octanol–water partition coefficient (Wildman–Crippen LogP) is 25.8. The van der Waals surface area contributed by atoms with Crippen LogP contribution in [0.4, 0.5) is 5.69 Å². The number of hydrogen-bond donors (Lipinski definition) is 1. The van der Waals surface area contributed by atoms with Crippen molar-refractivity contribution in [1.29, 1.82) is 0 Å². The molecule has 6 aromatic carbocycles. The van der Waals surface area contributed by atoms with E-state index in [4.69, 9.17) is 0 Å². The first kappa shape index (κ1) is 88.8. The van der Waals surface area contributed by atoms with E-state index in [-0.39, 0.29) is 0 Å². The summed E-state index contributed by atoms with van der Waals surface area (Å²) in [4.78, 5) is 47.5. The van der Waals surface area contributed by atoms with Crippen LogP contribution in [-0.2, 0) is 32.2 Å². The first-order valence-corrected chi connectivity index (χ1v) is 43.3. The molecule has 624 valence electrons. The molecular formula is C103H127N17. The third-order valence-corrected chi connectivity index (χ3v) is 22.1. The second-order valence-corrected chi connectivity index (χ2v) is 34.0. The average Bonchev–Trinajstić information content (AvgIpc) is 1.70. The van der Waals surface area contributed by atoms with Crippen molar-refractivity contribution in [3.63, 3.8) is 0 Å². The van der Waals surface area contributed by atoms with Crippen LogP contribution in [0.25, 0.3) is 72.4 Å². The fraction of sp³-hybridized carbons (Fsp3) is 0.359. The van der Waals surface area contributed by atoms with E-state index in [1.54, 1.807) is 47.8 Å². The number of aromatic nitrogens is 15. The Morgan fingerprint density at radius 1 is 0.367 bits per heavy atom. The number of anilines is 1. The standard InChI is InChI=1S/C12H16.C12H14.2C11H13N.C11H15N.C11H13N.3C9H11N3.C8H10N4/c2*1-9(2)11-7-3-5-10-6-4-8-12(10)11;1-8(2)10-5-3-4-9-6-12-7-11(9)10;1-8(2)10-5-3-4-9-6-7-12-11(9)10;2*1-9(2)12-8-7-10-5-3-4-6-11(10)12;1-7(2)12-6-11-8-3-4-10-5-9(8)12;2*1-7(2)12-6-11-8-4-3-5-10-9(8)12;1-6(2)12-5-11-8-7(12)3-9-4-10-8/h3,5,7,9H,4,6,8H2,1-2H3;3-5,7-9H,6H2,1-2H3;3-5,7-8H,6H2,1-2H3;3-8,12H,1-2H3;3-6,9H,7-8H2,1-2H3;3-9H,1-2H3;3*3-7H,1-2H3;3-6H,1-2H3. The quantitative estimate of drug-likeness (QED) is 0.139. The lowest BCUT2D eigenvalue weighted by Crippen LogP contribution is -2.28. The summed E-state index contributed by atoms with van der Waals surface area (Å²) in [6.45, 7) is 45.9. The van der Waals surface area contributed by atoms with Crippen LogP contribution >= 0.6 is 0 Å². The van der Waals surface area contributed by atoms with Crippen LogP contribution in [0.3, 0.4) is 0 Å². The molecule has 0 bridgehead atoms. The first-order valence-electron chi connectivity index (χ1n) is 43.3. The van der Waals surface area contributed by atoms with Gasteiger partial charge in [0.15, 0.2) is 16.9 Å². The van der Waals surface area contributed by atoms with Gasteiger partial charge in [0.05, 0.1) is 55.3 Å². The second kappa shape index (κ2) is 42.6. The zero-order valence-corrected chi connectivity index (χ0v) is 74.6. The number of allylic oxidation sites excluding steroid dienone is 1. The van der Waals surface area contributed by atoms with Gasteiger partial charge in [-0.25, -0.2) is 39.9 Å². The maximum absolute atomic E-state index is 4.27. The van der Waals surface area contributed by atoms with Crippen LogP contribution in [-0.4, -0.2) is 91.5 Å². The molecule has 2 aliphatic carbocycles. The normalized spacial score (nSPS) is 12.6. The van der Waals surface area contributed by atoms with Gasteiger partial charge in [-0.1, -0.05) is 177 Å². The number of benzene rings is 6. The highest BCUT2D eigenvalue weighted by Crippen LogP contribution is 2.33. The van der Waals surface area contributed by atoms with Gasteiger partial charge in [0, 0.05) is 102 Å². The number of nitrogens with one attached hydrogen (secondary N) is 1. The van der Waals surface area contributed by atoms with Crippen LogP contribution in [0.15, 0.2) is 250 Å². The molecule has 0 unspecified atom stereocenters. The number of rotatable bonds is 10. The van der Waals surface area contributed by atoms with Crippen LogP contribution in [0, 0.1) is 0 Å². The Kier molecular flexibility index (Phi) is 31.5. The van der Waals surface area contributed by atoms with Crippen LogP contribution in [0.2, 0.25) is 0 Å². The molecule has 0 saturated carbocycles. The van der Waals surface area contributed by atoms with Crippen molar-refractivity contribution in [2.75, 3.05) is 11.4 Å². The van der Waals surface area contributed by atoms with Crippen molar-refractivity contribution in [2.24, 2.45) is 4.99 Å². The summed E-state index contributed by atoms with van der Waals surface area (Å²) in [5, 5.41) is 2.63. The molecule has 16 aromatic rings. The van der Waals surface area contributed by atoms with Crippen molar-refractivity contribution in [3.05, 3.63) is 306 Å². The van der Waals surface area contributed by atoms with E-state index in [1.165, 1.54) is 111 Å². The molecule has 17 nitrogen and oxygen atoms in total. The predicted molar refractivity (Wildman–Crippen MR) is 504 cm³/mol. The Hall–Kier alpha value is -12.0. The van der Waals surface area contributed by atoms with E-state index in [9.17, 15) is 0 Å². The lowest BCUT2D eigenvalue weighted by atomic mass is 9.95. The number of aryl methyl sites for hydroxylation is 1. The molecule has 0 atom stereocenters. The minimum Gasteiger partial charge on any atom is -0.369 e. The lowest BCUT2D eigenvalue weighted by Gasteiger charge is -2.23. The van der Waals surface area contributed by atoms with Gasteiger partial charge in [-0.2, -0.15) is 0 Å². The Morgan fingerprint density at radius 3 is 1.56 bits per heavy atom. The second-order valence-electron chi connectivity index (χ2n) is 34.0. The SMILES string of the molecule is CC(C)N1CCc2ccccc21.CC(C)c1cccc2c1C=CC2.CC(C)c1cccc2c1C=NC2.CC(C)c1cccc2c1CCC2.CC(C)c1cccc2cc[nH]c12.CC(C)n1ccc2ccccc21.CC(C)n1cnc2cccnc21.CC(C)n1cnc2cccnc21.CC(C)n1cnc2ccncc21.CC(C)n1cnc2ncncc21. The fourth-order valence-electron chi connectivity index (χ4n) is 15.7. The summed E-state index contributed by atoms with van der Waals surface area (Å²) < 4.78 is 10.6. The third-order valence-electron chi connectivity index (χ3n) is 22.1. The molecule has 4 aliphatic rings. The molecule has 0 saturated heterocycles. The number of para-hydroxylation sites is 3. The smallest absolute Gasteiger partial charge is 0.180 e. The average molecular weight is 1600 g/mol. The molecule has 12 heterocycles. The molecule has 0 radical (unpaired) electrons. The van der Waals surface area contributed by atoms with Crippen molar-refractivity contribution in [3.8, 4) is 0 Å². The minimum absolute atomic E-state index is 0.404. The van der Waals surface area contributed by atoms with Crippen molar-refractivity contribution in [2.45, 2.75) is 237 Å². The summed E-state index contributed by atoms with van der Waals surface area (Å²) in [5.41, 5.74) is 28.1. The zero-order chi connectivity index (χ0) is 85.5. The molecule has 10 aromatic heterocycles.